The van der Waals surface area contributed by atoms with E-state index in [-0.39, 0.29) is 6.10 Å². The minimum absolute atomic E-state index is 0.356. The van der Waals surface area contributed by atoms with Gasteiger partial charge in [0.25, 0.3) is 0 Å². The second-order valence-electron chi connectivity index (χ2n) is 2.92. The molecule has 3 unspecified atom stereocenters. The molecule has 0 bridgehead atoms. The summed E-state index contributed by atoms with van der Waals surface area (Å²) in [5.41, 5.74) is 0. The Labute approximate surface area is 72.1 Å². The molecule has 1 aliphatic heterocycles. The average Bonchev–Trinajstić information content (AvgIpc) is 2.08. The summed E-state index contributed by atoms with van der Waals surface area (Å²) >= 11 is 0. The van der Waals surface area contributed by atoms with Crippen molar-refractivity contribution in [2.45, 2.75) is 31.7 Å². The highest BCUT2D eigenvalue weighted by Gasteiger charge is 2.31. The first-order valence-electron chi connectivity index (χ1n) is 4.31. The van der Waals surface area contributed by atoms with E-state index in [1.165, 1.54) is 0 Å². The van der Waals surface area contributed by atoms with Crippen LogP contribution < -0.4 is 0 Å². The summed E-state index contributed by atoms with van der Waals surface area (Å²) in [5.74, 6) is 0. The van der Waals surface area contributed by atoms with Crippen molar-refractivity contribution < 1.29 is 19.7 Å². The number of hydrogen-bond acceptors (Lipinski definition) is 4. The predicted octanol–water partition coefficient (Wildman–Crippen LogP) is -0.466. The highest BCUT2D eigenvalue weighted by molar-refractivity contribution is 4.80. The van der Waals surface area contributed by atoms with Gasteiger partial charge in [0.15, 0.2) is 0 Å². The van der Waals surface area contributed by atoms with E-state index in [1.807, 2.05) is 6.92 Å². The van der Waals surface area contributed by atoms with E-state index in [0.29, 0.717) is 26.2 Å². The first-order chi connectivity index (χ1) is 5.75. The summed E-state index contributed by atoms with van der Waals surface area (Å²) in [6, 6.07) is 0. The summed E-state index contributed by atoms with van der Waals surface area (Å²) < 4.78 is 10.3. The van der Waals surface area contributed by atoms with Gasteiger partial charge in [0, 0.05) is 13.2 Å². The van der Waals surface area contributed by atoms with Gasteiger partial charge in [0.1, 0.15) is 12.2 Å². The van der Waals surface area contributed by atoms with Crippen molar-refractivity contribution >= 4 is 0 Å². The lowest BCUT2D eigenvalue weighted by Gasteiger charge is -2.31. The third kappa shape index (κ3) is 2.42. The zero-order valence-electron chi connectivity index (χ0n) is 7.27. The minimum Gasteiger partial charge on any atom is -0.390 e. The van der Waals surface area contributed by atoms with Crippen LogP contribution in [0.1, 0.15) is 13.3 Å². The summed E-state index contributed by atoms with van der Waals surface area (Å²) in [5, 5.41) is 18.7. The van der Waals surface area contributed by atoms with E-state index in [9.17, 15) is 10.2 Å². The zero-order chi connectivity index (χ0) is 8.97. The lowest BCUT2D eigenvalue weighted by atomic mass is 10.0. The fraction of sp³-hybridized carbons (Fsp3) is 1.00. The molecule has 0 aromatic rings. The van der Waals surface area contributed by atoms with Crippen LogP contribution in [0.25, 0.3) is 0 Å². The molecular formula is C8H16O4. The Morgan fingerprint density at radius 2 is 2.25 bits per heavy atom. The molecule has 4 nitrogen and oxygen atoms in total. The maximum Gasteiger partial charge on any atom is 0.109 e. The number of aliphatic hydroxyl groups is 2. The molecule has 1 saturated heterocycles. The molecule has 72 valence electrons. The molecule has 0 aromatic carbocycles. The third-order valence-corrected chi connectivity index (χ3v) is 2.01. The highest BCUT2D eigenvalue weighted by atomic mass is 16.5. The number of hydrogen-bond donors (Lipinski definition) is 2. The number of aliphatic hydroxyl groups excluding tert-OH is 2. The molecule has 1 aliphatic rings. The van der Waals surface area contributed by atoms with Crippen molar-refractivity contribution in [2.24, 2.45) is 0 Å². The third-order valence-electron chi connectivity index (χ3n) is 2.01. The van der Waals surface area contributed by atoms with Crippen molar-refractivity contribution in [2.75, 3.05) is 19.8 Å². The van der Waals surface area contributed by atoms with Crippen LogP contribution >= 0.6 is 0 Å². The molecule has 4 heteroatoms. The molecule has 0 radical (unpaired) electrons. The SMILES string of the molecule is CCOCC1OCCC(O)C1O. The van der Waals surface area contributed by atoms with Crippen LogP contribution in [0.15, 0.2) is 0 Å². The van der Waals surface area contributed by atoms with Crippen LogP contribution in [0.2, 0.25) is 0 Å². The van der Waals surface area contributed by atoms with Gasteiger partial charge in [-0.05, 0) is 13.3 Å². The van der Waals surface area contributed by atoms with Crippen molar-refractivity contribution in [3.8, 4) is 0 Å². The van der Waals surface area contributed by atoms with Gasteiger partial charge in [-0.3, -0.25) is 0 Å². The van der Waals surface area contributed by atoms with Gasteiger partial charge < -0.3 is 19.7 Å². The Morgan fingerprint density at radius 1 is 1.50 bits per heavy atom. The largest absolute Gasteiger partial charge is 0.390 e. The van der Waals surface area contributed by atoms with Crippen LogP contribution in [0.5, 0.6) is 0 Å². The van der Waals surface area contributed by atoms with Crippen molar-refractivity contribution in [1.29, 1.82) is 0 Å². The number of ether oxygens (including phenoxy) is 2. The Morgan fingerprint density at radius 3 is 2.92 bits per heavy atom. The molecule has 0 aliphatic carbocycles. The Hall–Kier alpha value is -0.160. The van der Waals surface area contributed by atoms with Crippen LogP contribution in [0.3, 0.4) is 0 Å². The first-order valence-corrected chi connectivity index (χ1v) is 4.31. The zero-order valence-corrected chi connectivity index (χ0v) is 7.27. The second kappa shape index (κ2) is 4.77. The fourth-order valence-electron chi connectivity index (χ4n) is 1.24. The topological polar surface area (TPSA) is 58.9 Å². The first kappa shape index (κ1) is 9.92. The van der Waals surface area contributed by atoms with Crippen LogP contribution in [0.4, 0.5) is 0 Å². The lowest BCUT2D eigenvalue weighted by Crippen LogP contribution is -2.46. The Balaban J connectivity index is 2.30. The Bertz CT molecular complexity index is 128. The van der Waals surface area contributed by atoms with E-state index in [2.05, 4.69) is 0 Å². The molecule has 1 rings (SSSR count). The molecule has 2 N–H and O–H groups in total. The van der Waals surface area contributed by atoms with E-state index < -0.39 is 12.2 Å². The van der Waals surface area contributed by atoms with Gasteiger partial charge in [0.2, 0.25) is 0 Å². The molecule has 3 atom stereocenters. The van der Waals surface area contributed by atoms with E-state index in [4.69, 9.17) is 9.47 Å². The van der Waals surface area contributed by atoms with Gasteiger partial charge in [0.05, 0.1) is 12.7 Å². The summed E-state index contributed by atoms with van der Waals surface area (Å²) in [4.78, 5) is 0. The maximum absolute atomic E-state index is 9.41. The summed E-state index contributed by atoms with van der Waals surface area (Å²) in [7, 11) is 0. The normalized spacial score (nSPS) is 36.8. The maximum atomic E-state index is 9.41. The van der Waals surface area contributed by atoms with Crippen molar-refractivity contribution in [3.05, 3.63) is 0 Å². The van der Waals surface area contributed by atoms with E-state index in [1.54, 1.807) is 0 Å². The van der Waals surface area contributed by atoms with E-state index >= 15 is 0 Å². The highest BCUT2D eigenvalue weighted by Crippen LogP contribution is 2.14. The molecule has 12 heavy (non-hydrogen) atoms. The monoisotopic (exact) mass is 176 g/mol. The van der Waals surface area contributed by atoms with Crippen molar-refractivity contribution in [1.82, 2.24) is 0 Å². The average molecular weight is 176 g/mol. The molecule has 1 heterocycles. The Kier molecular flexibility index (Phi) is 3.94. The fourth-order valence-corrected chi connectivity index (χ4v) is 1.24. The molecule has 0 aromatic heterocycles. The molecular weight excluding hydrogens is 160 g/mol. The van der Waals surface area contributed by atoms with Crippen molar-refractivity contribution in [3.63, 3.8) is 0 Å². The second-order valence-corrected chi connectivity index (χ2v) is 2.92. The molecule has 1 fully saturated rings. The smallest absolute Gasteiger partial charge is 0.109 e. The van der Waals surface area contributed by atoms with Gasteiger partial charge in [-0.25, -0.2) is 0 Å². The quantitative estimate of drug-likeness (QED) is 0.610. The van der Waals surface area contributed by atoms with Gasteiger partial charge in [-0.1, -0.05) is 0 Å². The van der Waals surface area contributed by atoms with Gasteiger partial charge >= 0.3 is 0 Å². The summed E-state index contributed by atoms with van der Waals surface area (Å²) in [6.45, 7) is 3.33. The summed E-state index contributed by atoms with van der Waals surface area (Å²) in [6.07, 6.45) is -1.33. The van der Waals surface area contributed by atoms with Crippen LogP contribution in [-0.4, -0.2) is 48.3 Å². The molecule has 0 saturated carbocycles. The van der Waals surface area contributed by atoms with Gasteiger partial charge in [-0.15, -0.1) is 0 Å². The predicted molar refractivity (Wildman–Crippen MR) is 42.9 cm³/mol. The van der Waals surface area contributed by atoms with Crippen LogP contribution in [-0.2, 0) is 9.47 Å². The molecule has 0 spiro atoms. The number of rotatable bonds is 3. The lowest BCUT2D eigenvalue weighted by molar-refractivity contribution is -0.154. The standard InChI is InChI=1S/C8H16O4/c1-2-11-5-7-8(10)6(9)3-4-12-7/h6-10H,2-5H2,1H3. The van der Waals surface area contributed by atoms with E-state index in [0.717, 1.165) is 0 Å². The van der Waals surface area contributed by atoms with Crippen LogP contribution in [0, 0.1) is 0 Å². The van der Waals surface area contributed by atoms with Gasteiger partial charge in [-0.2, -0.15) is 0 Å². The molecule has 0 amide bonds. The minimum atomic E-state index is -0.801.